The van der Waals surface area contributed by atoms with Crippen molar-refractivity contribution < 1.29 is 28.7 Å². The minimum absolute atomic E-state index is 0.00993. The molecule has 256 valence electrons. The van der Waals surface area contributed by atoms with E-state index in [1.54, 1.807) is 41.6 Å². The molecule has 2 aliphatic rings. The number of piperidine rings is 1. The van der Waals surface area contributed by atoms with E-state index < -0.39 is 6.04 Å². The standard InChI is InChI=1S/C33H36BrN9O6/c1-19(44)32-23-11-20(22-14-36-29(37-15-22)16-38-30(45)18-49-10-9-48-8-7-35)5-6-24(23)42(41-32)17-31(46)43-25-12-21(25)13-26(43)33(47)40-28-4-2-3-27(34)39-28/h2-6,11,14-15,21,25-26H,7-10,12-13,16-18,35H2,1H3,(H,38,45)(H,39,40,47)/t21-,25-,26+/m1/s1. The van der Waals surface area contributed by atoms with Crippen molar-refractivity contribution in [1.29, 1.82) is 0 Å². The average Bonchev–Trinajstić information content (AvgIpc) is 3.60. The molecule has 0 bridgehead atoms. The van der Waals surface area contributed by atoms with Crippen LogP contribution in [0.15, 0.2) is 53.4 Å². The number of likely N-dealkylation sites (tertiary alicyclic amines) is 1. The van der Waals surface area contributed by atoms with Crippen LogP contribution in [0.4, 0.5) is 5.82 Å². The first kappa shape index (κ1) is 34.2. The summed E-state index contributed by atoms with van der Waals surface area (Å²) in [5, 5.41) is 10.7. The van der Waals surface area contributed by atoms with E-state index in [0.717, 1.165) is 12.0 Å². The molecule has 1 aliphatic carbocycles. The molecule has 1 aliphatic heterocycles. The van der Waals surface area contributed by atoms with Gasteiger partial charge in [-0.25, -0.2) is 15.0 Å². The Kier molecular flexibility index (Phi) is 10.7. The number of rotatable bonds is 15. The quantitative estimate of drug-likeness (QED) is 0.0919. The van der Waals surface area contributed by atoms with Crippen molar-refractivity contribution in [2.24, 2.45) is 11.7 Å². The molecular weight excluding hydrogens is 698 g/mol. The van der Waals surface area contributed by atoms with E-state index in [0.29, 0.717) is 58.9 Å². The monoisotopic (exact) mass is 733 g/mol. The van der Waals surface area contributed by atoms with Crippen LogP contribution in [0, 0.1) is 5.92 Å². The van der Waals surface area contributed by atoms with Crippen LogP contribution < -0.4 is 16.4 Å². The SMILES string of the molecule is CC(=O)c1nn(CC(=O)N2[C@@H]3C[C@@H]3C[C@H]2C(=O)Nc2cccc(Br)n2)c2ccc(-c3cnc(CNC(=O)COCCOCCN)nc3)cc12. The first-order chi connectivity index (χ1) is 23.7. The van der Waals surface area contributed by atoms with Crippen molar-refractivity contribution in [2.75, 3.05) is 38.3 Å². The van der Waals surface area contributed by atoms with E-state index in [1.807, 2.05) is 12.1 Å². The average molecular weight is 735 g/mol. The van der Waals surface area contributed by atoms with Gasteiger partial charge in [0.2, 0.25) is 17.7 Å². The summed E-state index contributed by atoms with van der Waals surface area (Å²) in [6.07, 6.45) is 4.72. The number of hydrogen-bond acceptors (Lipinski definition) is 11. The zero-order valence-electron chi connectivity index (χ0n) is 26.8. The number of ether oxygens (including phenoxy) is 2. The Morgan fingerprint density at radius 2 is 1.82 bits per heavy atom. The van der Waals surface area contributed by atoms with E-state index >= 15 is 0 Å². The van der Waals surface area contributed by atoms with Gasteiger partial charge in [0.25, 0.3) is 0 Å². The molecule has 16 heteroatoms. The van der Waals surface area contributed by atoms with Crippen molar-refractivity contribution in [3.8, 4) is 11.1 Å². The molecule has 4 heterocycles. The van der Waals surface area contributed by atoms with Crippen LogP contribution >= 0.6 is 15.9 Å². The third-order valence-corrected chi connectivity index (χ3v) is 8.82. The molecule has 4 N–H and O–H groups in total. The molecule has 3 amide bonds. The number of anilines is 1. The van der Waals surface area contributed by atoms with Gasteiger partial charge in [-0.2, -0.15) is 5.10 Å². The minimum atomic E-state index is -0.617. The summed E-state index contributed by atoms with van der Waals surface area (Å²) in [7, 11) is 0. The molecule has 0 radical (unpaired) electrons. The van der Waals surface area contributed by atoms with Gasteiger partial charge >= 0.3 is 0 Å². The van der Waals surface area contributed by atoms with Crippen molar-refractivity contribution >= 4 is 56.2 Å². The third-order valence-electron chi connectivity index (χ3n) is 8.38. The second-order valence-corrected chi connectivity index (χ2v) is 12.7. The number of carbonyl (C=O) groups is 4. The summed E-state index contributed by atoms with van der Waals surface area (Å²) in [6, 6.07) is 10.1. The maximum atomic E-state index is 13.7. The summed E-state index contributed by atoms with van der Waals surface area (Å²) >= 11 is 3.31. The van der Waals surface area contributed by atoms with Crippen molar-refractivity contribution in [1.82, 2.24) is 34.9 Å². The molecule has 6 rings (SSSR count). The first-order valence-electron chi connectivity index (χ1n) is 15.9. The highest BCUT2D eigenvalue weighted by Gasteiger charge is 2.56. The first-order valence-corrected chi connectivity index (χ1v) is 16.7. The lowest BCUT2D eigenvalue weighted by Gasteiger charge is -2.26. The van der Waals surface area contributed by atoms with Crippen molar-refractivity contribution in [3.63, 3.8) is 0 Å². The van der Waals surface area contributed by atoms with Gasteiger partial charge < -0.3 is 30.7 Å². The van der Waals surface area contributed by atoms with Gasteiger partial charge in [-0.3, -0.25) is 23.9 Å². The molecule has 2 fully saturated rings. The van der Waals surface area contributed by atoms with Gasteiger partial charge in [0.15, 0.2) is 5.78 Å². The van der Waals surface area contributed by atoms with Gasteiger partial charge in [-0.05, 0) is 64.5 Å². The highest BCUT2D eigenvalue weighted by Crippen LogP contribution is 2.48. The minimum Gasteiger partial charge on any atom is -0.378 e. The largest absolute Gasteiger partial charge is 0.378 e. The van der Waals surface area contributed by atoms with Crippen LogP contribution in [-0.4, -0.2) is 98.2 Å². The lowest BCUT2D eigenvalue weighted by molar-refractivity contribution is -0.138. The summed E-state index contributed by atoms with van der Waals surface area (Å²) in [4.78, 5) is 66.3. The predicted octanol–water partition coefficient (Wildman–Crippen LogP) is 2.09. The summed E-state index contributed by atoms with van der Waals surface area (Å²) < 4.78 is 12.6. The number of nitrogens with zero attached hydrogens (tertiary/aromatic N) is 6. The normalized spacial score (nSPS) is 17.9. The lowest BCUT2D eigenvalue weighted by Crippen LogP contribution is -2.46. The number of halogens is 1. The van der Waals surface area contributed by atoms with E-state index in [-0.39, 0.29) is 67.5 Å². The highest BCUT2D eigenvalue weighted by molar-refractivity contribution is 9.10. The van der Waals surface area contributed by atoms with E-state index in [9.17, 15) is 19.2 Å². The smallest absolute Gasteiger partial charge is 0.248 e. The maximum Gasteiger partial charge on any atom is 0.248 e. The van der Waals surface area contributed by atoms with E-state index in [1.165, 1.54) is 11.6 Å². The van der Waals surface area contributed by atoms with Crippen LogP contribution in [-0.2, 0) is 36.9 Å². The highest BCUT2D eigenvalue weighted by atomic mass is 79.9. The Morgan fingerprint density at radius 1 is 1.02 bits per heavy atom. The molecule has 49 heavy (non-hydrogen) atoms. The van der Waals surface area contributed by atoms with Gasteiger partial charge in [-0.1, -0.05) is 12.1 Å². The number of aromatic nitrogens is 5. The Hall–Kier alpha value is -4.64. The summed E-state index contributed by atoms with van der Waals surface area (Å²) in [6.45, 7) is 2.84. The molecule has 3 atom stereocenters. The Bertz CT molecular complexity index is 1870. The molecule has 0 unspecified atom stereocenters. The van der Waals surface area contributed by atoms with E-state index in [2.05, 4.69) is 46.6 Å². The molecule has 0 spiro atoms. The molecular formula is C33H36BrN9O6. The second kappa shape index (κ2) is 15.3. The second-order valence-electron chi connectivity index (χ2n) is 11.9. The molecule has 1 saturated heterocycles. The summed E-state index contributed by atoms with van der Waals surface area (Å²) in [5.74, 6) is 0.0373. The number of pyridine rings is 1. The number of nitrogens with two attached hydrogens (primary N) is 1. The fourth-order valence-corrected chi connectivity index (χ4v) is 6.32. The number of hydrogen-bond donors (Lipinski definition) is 3. The number of amides is 3. The number of carbonyl (C=O) groups excluding carboxylic acids is 4. The number of ketones is 1. The van der Waals surface area contributed by atoms with Crippen LogP contribution in [0.25, 0.3) is 22.0 Å². The van der Waals surface area contributed by atoms with Gasteiger partial charge in [-0.15, -0.1) is 0 Å². The lowest BCUT2D eigenvalue weighted by atomic mass is 10.0. The van der Waals surface area contributed by atoms with E-state index in [4.69, 9.17) is 15.2 Å². The number of fused-ring (bicyclic) bond motifs is 2. The molecule has 1 aromatic carbocycles. The summed E-state index contributed by atoms with van der Waals surface area (Å²) in [5.41, 5.74) is 7.65. The molecule has 4 aromatic rings. The number of nitrogens with one attached hydrogen (secondary N) is 2. The fraction of sp³-hybridized carbons (Fsp3) is 0.394. The Labute approximate surface area is 290 Å². The van der Waals surface area contributed by atoms with Gasteiger partial charge in [0.05, 0.1) is 31.9 Å². The van der Waals surface area contributed by atoms with Gasteiger partial charge in [0, 0.05) is 42.9 Å². The maximum absolute atomic E-state index is 13.7. The number of Topliss-reactive ketones (excluding diaryl/α,β-unsaturated/α-hetero) is 1. The topological polar surface area (TPSA) is 197 Å². The van der Waals surface area contributed by atoms with Gasteiger partial charge in [0.1, 0.15) is 41.1 Å². The van der Waals surface area contributed by atoms with Crippen LogP contribution in [0.2, 0.25) is 0 Å². The number of benzene rings is 1. The fourth-order valence-electron chi connectivity index (χ4n) is 5.98. The Morgan fingerprint density at radius 3 is 2.57 bits per heavy atom. The molecule has 3 aromatic heterocycles. The van der Waals surface area contributed by atoms with Crippen LogP contribution in [0.1, 0.15) is 36.1 Å². The molecule has 1 saturated carbocycles. The third kappa shape index (κ3) is 8.16. The molecule has 15 nitrogen and oxygen atoms in total. The van der Waals surface area contributed by atoms with Crippen LogP contribution in [0.3, 0.4) is 0 Å². The van der Waals surface area contributed by atoms with Crippen molar-refractivity contribution in [2.45, 2.75) is 44.9 Å². The predicted molar refractivity (Wildman–Crippen MR) is 181 cm³/mol. The zero-order valence-corrected chi connectivity index (χ0v) is 28.4. The van der Waals surface area contributed by atoms with Crippen molar-refractivity contribution in [3.05, 3.63) is 64.9 Å². The van der Waals surface area contributed by atoms with Crippen LogP contribution in [0.5, 0.6) is 0 Å². The Balaban J connectivity index is 1.11. The zero-order chi connectivity index (χ0) is 34.5.